The largest absolute Gasteiger partial charge is 0.397 e. The second kappa shape index (κ2) is 7.74. The van der Waals surface area contributed by atoms with Crippen LogP contribution in [0.1, 0.15) is 26.7 Å². The van der Waals surface area contributed by atoms with Gasteiger partial charge in [0.2, 0.25) is 5.95 Å². The van der Waals surface area contributed by atoms with Gasteiger partial charge < -0.3 is 26.0 Å². The Kier molecular flexibility index (Phi) is 5.41. The van der Waals surface area contributed by atoms with Crippen LogP contribution in [0.3, 0.4) is 0 Å². The summed E-state index contributed by atoms with van der Waals surface area (Å²) in [5, 5.41) is 0. The van der Waals surface area contributed by atoms with E-state index in [-0.39, 0.29) is 6.04 Å². The van der Waals surface area contributed by atoms with Crippen LogP contribution in [0.4, 0.5) is 29.0 Å². The zero-order valence-corrected chi connectivity index (χ0v) is 15.6. The van der Waals surface area contributed by atoms with Gasteiger partial charge in [-0.3, -0.25) is 0 Å². The minimum Gasteiger partial charge on any atom is -0.397 e. The van der Waals surface area contributed by atoms with Crippen molar-refractivity contribution < 1.29 is 4.74 Å². The Labute approximate surface area is 154 Å². The van der Waals surface area contributed by atoms with Gasteiger partial charge in [-0.2, -0.15) is 4.98 Å². The Bertz CT molecular complexity index is 744. The molecule has 26 heavy (non-hydrogen) atoms. The molecule has 0 radical (unpaired) electrons. The predicted molar refractivity (Wildman–Crippen MR) is 105 cm³/mol. The van der Waals surface area contributed by atoms with E-state index in [0.717, 1.165) is 43.5 Å². The number of hydrogen-bond acceptors (Lipinski definition) is 8. The number of hydrogen-bond donors (Lipinski definition) is 2. The molecule has 3 heterocycles. The number of nitrogens with two attached hydrogens (primary N) is 2. The number of methoxy groups -OCH3 is 1. The molecule has 0 aliphatic carbocycles. The molecule has 140 valence electrons. The van der Waals surface area contributed by atoms with E-state index in [1.54, 1.807) is 25.6 Å². The molecule has 0 amide bonds. The molecular formula is C18H27N7O. The van der Waals surface area contributed by atoms with E-state index in [0.29, 0.717) is 17.5 Å². The van der Waals surface area contributed by atoms with Crippen LogP contribution >= 0.6 is 0 Å². The van der Waals surface area contributed by atoms with Gasteiger partial charge in [0, 0.05) is 38.5 Å². The van der Waals surface area contributed by atoms with Gasteiger partial charge in [-0.25, -0.2) is 9.97 Å². The first-order valence-electron chi connectivity index (χ1n) is 8.90. The minimum absolute atomic E-state index is 0.146. The lowest BCUT2D eigenvalue weighted by Crippen LogP contribution is -2.38. The van der Waals surface area contributed by atoms with E-state index < -0.39 is 0 Å². The number of nitrogens with zero attached hydrogens (tertiary/aromatic N) is 5. The maximum absolute atomic E-state index is 5.97. The van der Waals surface area contributed by atoms with E-state index in [1.165, 1.54) is 0 Å². The normalized spacial score (nSPS) is 15.5. The average molecular weight is 357 g/mol. The molecule has 0 spiro atoms. The van der Waals surface area contributed by atoms with Gasteiger partial charge in [0.05, 0.1) is 23.7 Å². The molecule has 0 aromatic carbocycles. The molecule has 4 N–H and O–H groups in total. The van der Waals surface area contributed by atoms with Crippen LogP contribution in [-0.4, -0.2) is 47.3 Å². The zero-order chi connectivity index (χ0) is 18.7. The fourth-order valence-electron chi connectivity index (χ4n) is 3.17. The second-order valence-corrected chi connectivity index (χ2v) is 6.77. The van der Waals surface area contributed by atoms with Gasteiger partial charge in [-0.1, -0.05) is 0 Å². The van der Waals surface area contributed by atoms with Crippen molar-refractivity contribution in [2.75, 3.05) is 41.5 Å². The molecule has 1 aliphatic rings. The van der Waals surface area contributed by atoms with Crippen molar-refractivity contribution in [2.24, 2.45) is 0 Å². The van der Waals surface area contributed by atoms with Gasteiger partial charge in [0.15, 0.2) is 0 Å². The van der Waals surface area contributed by atoms with Crippen LogP contribution in [0.15, 0.2) is 24.5 Å². The lowest BCUT2D eigenvalue weighted by molar-refractivity contribution is 0.0816. The van der Waals surface area contributed by atoms with Crippen LogP contribution in [-0.2, 0) is 4.74 Å². The molecule has 0 bridgehead atoms. The monoisotopic (exact) mass is 357 g/mol. The minimum atomic E-state index is 0.146. The lowest BCUT2D eigenvalue weighted by atomic mass is 10.1. The summed E-state index contributed by atoms with van der Waals surface area (Å²) in [7, 11) is 1.77. The molecule has 8 nitrogen and oxygen atoms in total. The zero-order valence-electron chi connectivity index (χ0n) is 15.6. The number of aromatic nitrogens is 3. The molecule has 1 saturated heterocycles. The van der Waals surface area contributed by atoms with E-state index in [9.17, 15) is 0 Å². The number of anilines is 5. The van der Waals surface area contributed by atoms with Crippen LogP contribution in [0.25, 0.3) is 0 Å². The van der Waals surface area contributed by atoms with Gasteiger partial charge >= 0.3 is 0 Å². The van der Waals surface area contributed by atoms with Crippen molar-refractivity contribution in [3.05, 3.63) is 24.5 Å². The molecular weight excluding hydrogens is 330 g/mol. The smallest absolute Gasteiger partial charge is 0.227 e. The summed E-state index contributed by atoms with van der Waals surface area (Å²) >= 11 is 0. The van der Waals surface area contributed by atoms with Crippen molar-refractivity contribution in [1.82, 2.24) is 15.0 Å². The highest BCUT2D eigenvalue weighted by atomic mass is 16.5. The standard InChI is InChI=1S/C18H27N7O/c1-12(2)25(17-10-14(19)15(20)11-22-17)16-4-7-21-18(23-16)24-8-5-13(26-3)6-9-24/h4,7,10-13H,5-6,8-9,20H2,1-3H3,(H2,19,22). The molecule has 1 fully saturated rings. The molecule has 0 unspecified atom stereocenters. The molecule has 1 aliphatic heterocycles. The van der Waals surface area contributed by atoms with E-state index in [1.807, 2.05) is 11.0 Å². The maximum Gasteiger partial charge on any atom is 0.227 e. The fraction of sp³-hybridized carbons (Fsp3) is 0.500. The van der Waals surface area contributed by atoms with Crippen molar-refractivity contribution in [3.8, 4) is 0 Å². The molecule has 2 aromatic heterocycles. The summed E-state index contributed by atoms with van der Waals surface area (Å²) in [6.45, 7) is 5.94. The highest BCUT2D eigenvalue weighted by molar-refractivity contribution is 5.69. The number of piperidine rings is 1. The first-order chi connectivity index (χ1) is 12.5. The van der Waals surface area contributed by atoms with E-state index in [2.05, 4.69) is 28.7 Å². The summed E-state index contributed by atoms with van der Waals surface area (Å²) in [6, 6.07) is 3.81. The van der Waals surface area contributed by atoms with Crippen LogP contribution in [0, 0.1) is 0 Å². The number of nitrogen functional groups attached to an aromatic ring is 2. The van der Waals surface area contributed by atoms with Crippen LogP contribution in [0.5, 0.6) is 0 Å². The third-order valence-corrected chi connectivity index (χ3v) is 4.65. The van der Waals surface area contributed by atoms with Gasteiger partial charge in [-0.05, 0) is 32.8 Å². The predicted octanol–water partition coefficient (Wildman–Crippen LogP) is 2.20. The van der Waals surface area contributed by atoms with Crippen LogP contribution in [0.2, 0.25) is 0 Å². The molecule has 2 aromatic rings. The Morgan fingerprint density at radius 2 is 1.88 bits per heavy atom. The quantitative estimate of drug-likeness (QED) is 0.839. The van der Waals surface area contributed by atoms with Crippen molar-refractivity contribution in [1.29, 1.82) is 0 Å². The fourth-order valence-corrected chi connectivity index (χ4v) is 3.17. The van der Waals surface area contributed by atoms with Crippen molar-refractivity contribution in [3.63, 3.8) is 0 Å². The topological polar surface area (TPSA) is 106 Å². The Hall–Kier alpha value is -2.61. The number of rotatable bonds is 5. The number of pyridine rings is 1. The molecule has 8 heteroatoms. The Balaban J connectivity index is 1.87. The SMILES string of the molecule is COC1CCN(c2nccc(N(c3cc(N)c(N)cn3)C(C)C)n2)CC1. The lowest BCUT2D eigenvalue weighted by Gasteiger charge is -2.32. The number of ether oxygens (including phenoxy) is 1. The molecule has 0 atom stereocenters. The third-order valence-electron chi connectivity index (χ3n) is 4.65. The highest BCUT2D eigenvalue weighted by Crippen LogP contribution is 2.29. The Morgan fingerprint density at radius 3 is 2.50 bits per heavy atom. The summed E-state index contributed by atoms with van der Waals surface area (Å²) < 4.78 is 5.44. The molecule has 3 rings (SSSR count). The van der Waals surface area contributed by atoms with Gasteiger partial charge in [-0.15, -0.1) is 0 Å². The van der Waals surface area contributed by atoms with Crippen LogP contribution < -0.4 is 21.3 Å². The maximum atomic E-state index is 5.97. The van der Waals surface area contributed by atoms with Crippen molar-refractivity contribution >= 4 is 29.0 Å². The first kappa shape index (κ1) is 18.2. The van der Waals surface area contributed by atoms with Crippen molar-refractivity contribution in [2.45, 2.75) is 38.8 Å². The summed E-state index contributed by atoms with van der Waals surface area (Å²) in [5.74, 6) is 2.23. The highest BCUT2D eigenvalue weighted by Gasteiger charge is 2.22. The summed E-state index contributed by atoms with van der Waals surface area (Å²) in [4.78, 5) is 17.9. The van der Waals surface area contributed by atoms with E-state index in [4.69, 9.17) is 21.2 Å². The molecule has 0 saturated carbocycles. The Morgan fingerprint density at radius 1 is 1.15 bits per heavy atom. The van der Waals surface area contributed by atoms with Gasteiger partial charge in [0.25, 0.3) is 0 Å². The van der Waals surface area contributed by atoms with Gasteiger partial charge in [0.1, 0.15) is 11.6 Å². The summed E-state index contributed by atoms with van der Waals surface area (Å²) in [5.41, 5.74) is 12.7. The average Bonchev–Trinajstić information content (AvgIpc) is 2.65. The third kappa shape index (κ3) is 3.80. The first-order valence-corrected chi connectivity index (χ1v) is 8.90. The van der Waals surface area contributed by atoms with E-state index >= 15 is 0 Å². The second-order valence-electron chi connectivity index (χ2n) is 6.77. The summed E-state index contributed by atoms with van der Waals surface area (Å²) in [6.07, 6.45) is 5.65.